The topological polar surface area (TPSA) is 144 Å². The van der Waals surface area contributed by atoms with Crippen LogP contribution in [-0.2, 0) is 32.6 Å². The van der Waals surface area contributed by atoms with Gasteiger partial charge in [-0.15, -0.1) is 0 Å². The van der Waals surface area contributed by atoms with E-state index in [-0.39, 0.29) is 34.9 Å². The number of rotatable bonds is 7. The molecule has 0 radical (unpaired) electrons. The smallest absolute Gasteiger partial charge is 0.368 e. The molecule has 2 unspecified atom stereocenters. The zero-order valence-electron chi connectivity index (χ0n) is 22.7. The number of likely N-dealkylation sites (tertiary alicyclic amines) is 1. The van der Waals surface area contributed by atoms with Gasteiger partial charge in [0.05, 0.1) is 0 Å². The van der Waals surface area contributed by atoms with E-state index in [9.17, 15) is 37.1 Å². The van der Waals surface area contributed by atoms with Crippen molar-refractivity contribution in [3.63, 3.8) is 0 Å². The lowest BCUT2D eigenvalue weighted by molar-refractivity contribution is -0.176. The second-order valence-corrected chi connectivity index (χ2v) is 12.6. The zero-order valence-corrected chi connectivity index (χ0v) is 22.7. The molecular formula is C26H34F3N5O5. The molecule has 214 valence electrons. The number of halogens is 3. The van der Waals surface area contributed by atoms with Gasteiger partial charge in [-0.05, 0) is 23.3 Å². The minimum Gasteiger partial charge on any atom is -0.368 e. The van der Waals surface area contributed by atoms with Crippen molar-refractivity contribution in [3.8, 4) is 0 Å². The van der Waals surface area contributed by atoms with Crippen molar-refractivity contribution in [2.24, 2.45) is 34.4 Å². The van der Waals surface area contributed by atoms with Gasteiger partial charge in [0.15, 0.2) is 0 Å². The molecule has 0 bridgehead atoms. The Kier molecular flexibility index (Phi) is 6.28. The van der Waals surface area contributed by atoms with Crippen LogP contribution in [0.5, 0.6) is 0 Å². The molecule has 4 amide bonds. The van der Waals surface area contributed by atoms with Gasteiger partial charge in [-0.2, -0.15) is 13.2 Å². The number of nitrogens with two attached hydrogens (primary N) is 1. The molecular weight excluding hydrogens is 519 g/mol. The number of carbonyl (C=O) groups excluding carboxylic acids is 4. The summed E-state index contributed by atoms with van der Waals surface area (Å²) in [4.78, 5) is 65.3. The van der Waals surface area contributed by atoms with Crippen molar-refractivity contribution in [2.75, 3.05) is 6.54 Å². The highest BCUT2D eigenvalue weighted by molar-refractivity contribution is 5.98. The van der Waals surface area contributed by atoms with E-state index in [1.54, 1.807) is 6.07 Å². The van der Waals surface area contributed by atoms with Gasteiger partial charge in [-0.3, -0.25) is 24.0 Å². The highest BCUT2D eigenvalue weighted by atomic mass is 19.4. The van der Waals surface area contributed by atoms with Crippen LogP contribution in [0.4, 0.5) is 13.2 Å². The highest BCUT2D eigenvalue weighted by Crippen LogP contribution is 3.00. The molecule has 1 aromatic rings. The van der Waals surface area contributed by atoms with Crippen LogP contribution in [0.1, 0.15) is 46.6 Å². The molecule has 3 fully saturated rings. The number of primary amides is 1. The Labute approximate surface area is 223 Å². The van der Waals surface area contributed by atoms with Crippen LogP contribution in [0.25, 0.3) is 0 Å². The largest absolute Gasteiger partial charge is 0.471 e. The van der Waals surface area contributed by atoms with Crippen molar-refractivity contribution in [3.05, 3.63) is 34.2 Å². The Morgan fingerprint density at radius 1 is 1.15 bits per heavy atom. The van der Waals surface area contributed by atoms with E-state index in [0.717, 1.165) is 0 Å². The van der Waals surface area contributed by atoms with Crippen LogP contribution in [-0.4, -0.2) is 63.9 Å². The van der Waals surface area contributed by atoms with Gasteiger partial charge in [0.1, 0.15) is 18.1 Å². The first-order chi connectivity index (χ1) is 17.7. The summed E-state index contributed by atoms with van der Waals surface area (Å²) in [5.41, 5.74) is 3.02. The normalized spacial score (nSPS) is 28.0. The van der Waals surface area contributed by atoms with Crippen LogP contribution in [0.2, 0.25) is 0 Å². The highest BCUT2D eigenvalue weighted by Gasteiger charge is 3.02. The average molecular weight is 554 g/mol. The van der Waals surface area contributed by atoms with Crippen LogP contribution in [0, 0.1) is 21.7 Å². The standard InChI is InChI=1S/C26H34F3N5O5/c1-22(2,3)15(32-21(39)26(27,28)29)20(38)34-12-24-11-25(24,23(24,4)5)16(34)18(36)31-14(17(30)35)10-13-8-7-9-33(6)19(13)37/h7-9,14-16H,10-12H2,1-6H3,(H2,30,35)(H,31,36)(H,32,39)/t14?,15-,16-,24?,25+/m1/s1. The van der Waals surface area contributed by atoms with Crippen LogP contribution in [0.3, 0.4) is 0 Å². The molecule has 39 heavy (non-hydrogen) atoms. The molecule has 0 spiro atoms. The number of piperidine rings is 2. The summed E-state index contributed by atoms with van der Waals surface area (Å²) in [5, 5.41) is 4.42. The van der Waals surface area contributed by atoms with Gasteiger partial charge in [-0.25, -0.2) is 0 Å². The van der Waals surface area contributed by atoms with Gasteiger partial charge in [0.25, 0.3) is 5.56 Å². The molecule has 13 heteroatoms. The van der Waals surface area contributed by atoms with Gasteiger partial charge >= 0.3 is 12.1 Å². The molecule has 5 atom stereocenters. The predicted octanol–water partition coefficient (Wildman–Crippen LogP) is 0.618. The SMILES string of the molecule is Cn1cccc(CC(NC(=O)[C@H]2N(C(=O)[C@@H](NC(=O)C(F)(F)F)C(C)(C)C)CC34C[C@@]23C4(C)C)C(N)=O)c1=O. The number of aromatic nitrogens is 1. The summed E-state index contributed by atoms with van der Waals surface area (Å²) < 4.78 is 40.5. The van der Waals surface area contributed by atoms with Crippen LogP contribution in [0.15, 0.2) is 23.1 Å². The summed E-state index contributed by atoms with van der Waals surface area (Å²) >= 11 is 0. The fourth-order valence-electron chi connectivity index (χ4n) is 6.81. The summed E-state index contributed by atoms with van der Waals surface area (Å²) in [5.74, 6) is -4.63. The first-order valence-electron chi connectivity index (χ1n) is 12.7. The van der Waals surface area contributed by atoms with E-state index in [4.69, 9.17) is 5.73 Å². The second-order valence-electron chi connectivity index (χ2n) is 12.6. The van der Waals surface area contributed by atoms with Crippen molar-refractivity contribution < 1.29 is 32.3 Å². The monoisotopic (exact) mass is 553 g/mol. The molecule has 10 nitrogen and oxygen atoms in total. The van der Waals surface area contributed by atoms with Gasteiger partial charge in [0.2, 0.25) is 17.7 Å². The van der Waals surface area contributed by atoms with E-state index in [1.165, 1.54) is 49.5 Å². The molecule has 2 aliphatic carbocycles. The minimum absolute atomic E-state index is 0.131. The van der Waals surface area contributed by atoms with E-state index in [0.29, 0.717) is 6.42 Å². The Morgan fingerprint density at radius 2 is 1.77 bits per heavy atom. The summed E-state index contributed by atoms with van der Waals surface area (Å²) in [6.07, 6.45) is -3.19. The summed E-state index contributed by atoms with van der Waals surface area (Å²) in [6, 6.07) is -0.788. The average Bonchev–Trinajstić information content (AvgIpc) is 3.52. The fourth-order valence-corrected chi connectivity index (χ4v) is 6.81. The van der Waals surface area contributed by atoms with E-state index in [1.807, 2.05) is 19.2 Å². The Bertz CT molecular complexity index is 1320. The number of alkyl halides is 3. The number of aryl methyl sites for hydroxylation is 1. The number of carbonyl (C=O) groups is 4. The van der Waals surface area contributed by atoms with Gasteiger partial charge in [0, 0.05) is 42.6 Å². The zero-order chi connectivity index (χ0) is 29.5. The van der Waals surface area contributed by atoms with Crippen molar-refractivity contribution in [1.82, 2.24) is 20.1 Å². The van der Waals surface area contributed by atoms with Crippen molar-refractivity contribution >= 4 is 23.6 Å². The van der Waals surface area contributed by atoms with E-state index < -0.39 is 58.8 Å². The quantitative estimate of drug-likeness (QED) is 0.454. The van der Waals surface area contributed by atoms with Crippen LogP contribution >= 0.6 is 0 Å². The van der Waals surface area contributed by atoms with Gasteiger partial charge in [-0.1, -0.05) is 40.7 Å². The number of nitrogens with zero attached hydrogens (tertiary/aromatic N) is 2. The molecule has 2 saturated carbocycles. The predicted molar refractivity (Wildman–Crippen MR) is 133 cm³/mol. The third-order valence-corrected chi connectivity index (χ3v) is 9.24. The maximum atomic E-state index is 13.8. The molecule has 1 saturated heterocycles. The van der Waals surface area contributed by atoms with Crippen molar-refractivity contribution in [1.29, 1.82) is 0 Å². The third kappa shape index (κ3) is 4.11. The summed E-state index contributed by atoms with van der Waals surface area (Å²) in [6.45, 7) is 8.61. The van der Waals surface area contributed by atoms with E-state index in [2.05, 4.69) is 5.32 Å². The first kappa shape index (κ1) is 28.6. The minimum atomic E-state index is -5.20. The first-order valence-corrected chi connectivity index (χ1v) is 12.7. The summed E-state index contributed by atoms with van der Waals surface area (Å²) in [7, 11) is 1.54. The Morgan fingerprint density at radius 3 is 2.28 bits per heavy atom. The number of pyridine rings is 1. The van der Waals surface area contributed by atoms with E-state index >= 15 is 0 Å². The number of nitrogens with one attached hydrogen (secondary N) is 2. The Balaban J connectivity index is 1.63. The fraction of sp³-hybridized carbons (Fsp3) is 0.654. The maximum absolute atomic E-state index is 13.8. The van der Waals surface area contributed by atoms with Gasteiger partial charge < -0.3 is 25.8 Å². The number of amides is 4. The lowest BCUT2D eigenvalue weighted by Gasteiger charge is -2.42. The van der Waals surface area contributed by atoms with Crippen molar-refractivity contribution in [2.45, 2.75) is 71.8 Å². The number of hydrogen-bond donors (Lipinski definition) is 3. The second kappa shape index (κ2) is 8.56. The lowest BCUT2D eigenvalue weighted by Crippen LogP contribution is -2.63. The molecule has 1 aliphatic heterocycles. The van der Waals surface area contributed by atoms with Crippen LogP contribution < -0.4 is 21.9 Å². The molecule has 3 aliphatic rings. The molecule has 2 heterocycles. The molecule has 1 aromatic heterocycles. The lowest BCUT2D eigenvalue weighted by atomic mass is 9.79. The Hall–Kier alpha value is -3.38. The third-order valence-electron chi connectivity index (χ3n) is 9.24. The molecule has 4 rings (SSSR count). The molecule has 0 aromatic carbocycles. The maximum Gasteiger partial charge on any atom is 0.471 e. The molecule has 4 N–H and O–H groups in total. The number of hydrogen-bond acceptors (Lipinski definition) is 5.